The molecule has 1 aromatic rings. The van der Waals surface area contributed by atoms with E-state index in [0.717, 1.165) is 20.9 Å². The zero-order chi connectivity index (χ0) is 17.0. The summed E-state index contributed by atoms with van der Waals surface area (Å²) in [5.41, 5.74) is 0.800. The number of aliphatic imine (C=N–C) groups is 1. The van der Waals surface area contributed by atoms with Crippen LogP contribution in [0.3, 0.4) is 0 Å². The third-order valence-corrected chi connectivity index (χ3v) is 4.44. The molecule has 0 aliphatic carbocycles. The van der Waals surface area contributed by atoms with E-state index >= 15 is 0 Å². The molecule has 8 heteroatoms. The van der Waals surface area contributed by atoms with Gasteiger partial charge in [0.25, 0.3) is 5.91 Å². The molecule has 0 spiro atoms. The molecule has 122 valence electrons. The Bertz CT molecular complexity index is 716. The Hall–Kier alpha value is -1.55. The van der Waals surface area contributed by atoms with E-state index in [-0.39, 0.29) is 11.8 Å². The summed E-state index contributed by atoms with van der Waals surface area (Å²) in [5, 5.41) is 2.81. The quantitative estimate of drug-likeness (QED) is 0.569. The number of nitrogens with zero attached hydrogens (tertiary/aromatic N) is 1. The van der Waals surface area contributed by atoms with Gasteiger partial charge >= 0.3 is 0 Å². The van der Waals surface area contributed by atoms with E-state index in [4.69, 9.17) is 9.47 Å². The number of amides is 2. The van der Waals surface area contributed by atoms with Gasteiger partial charge in [0, 0.05) is 6.92 Å². The van der Waals surface area contributed by atoms with Crippen LogP contribution in [-0.4, -0.2) is 30.7 Å². The van der Waals surface area contributed by atoms with E-state index in [1.807, 2.05) is 19.1 Å². The summed E-state index contributed by atoms with van der Waals surface area (Å²) in [4.78, 5) is 27.2. The Morgan fingerprint density at radius 3 is 2.83 bits per heavy atom. The monoisotopic (exact) mass is 446 g/mol. The predicted molar refractivity (Wildman–Crippen MR) is 98.7 cm³/mol. The number of nitrogens with one attached hydrogen (secondary N) is 1. The van der Waals surface area contributed by atoms with Crippen molar-refractivity contribution in [1.29, 1.82) is 0 Å². The molecule has 6 nitrogen and oxygen atoms in total. The average Bonchev–Trinajstić information content (AvgIpc) is 2.78. The van der Waals surface area contributed by atoms with E-state index in [1.54, 1.807) is 13.2 Å². The second-order valence-corrected chi connectivity index (χ2v) is 6.67. The maximum absolute atomic E-state index is 11.9. The SMILES string of the molecule is CCOc1cc(/C=C2\SC(NC(C)=O)=NC2=O)cc(I)c1OC. The normalized spacial score (nSPS) is 15.6. The number of ether oxygens (including phenoxy) is 2. The van der Waals surface area contributed by atoms with Crippen molar-refractivity contribution in [2.45, 2.75) is 13.8 Å². The summed E-state index contributed by atoms with van der Waals surface area (Å²) in [7, 11) is 1.59. The van der Waals surface area contributed by atoms with E-state index < -0.39 is 0 Å². The van der Waals surface area contributed by atoms with Crippen LogP contribution >= 0.6 is 34.4 Å². The maximum atomic E-state index is 11.9. The highest BCUT2D eigenvalue weighted by molar-refractivity contribution is 14.1. The number of amidine groups is 1. The lowest BCUT2D eigenvalue weighted by Gasteiger charge is -2.12. The van der Waals surface area contributed by atoms with Gasteiger partial charge < -0.3 is 14.8 Å². The summed E-state index contributed by atoms with van der Waals surface area (Å²) in [6, 6.07) is 3.70. The Labute approximate surface area is 151 Å². The molecule has 1 aliphatic rings. The molecule has 23 heavy (non-hydrogen) atoms. The third-order valence-electron chi connectivity index (χ3n) is 2.74. The average molecular weight is 446 g/mol. The zero-order valence-corrected chi connectivity index (χ0v) is 15.8. The largest absolute Gasteiger partial charge is 0.492 e. The number of thioether (sulfide) groups is 1. The lowest BCUT2D eigenvalue weighted by Crippen LogP contribution is -2.23. The molecule has 0 radical (unpaired) electrons. The molecule has 2 amide bonds. The van der Waals surface area contributed by atoms with Gasteiger partial charge in [-0.15, -0.1) is 0 Å². The van der Waals surface area contributed by atoms with Gasteiger partial charge in [0.2, 0.25) is 5.91 Å². The smallest absolute Gasteiger partial charge is 0.286 e. The van der Waals surface area contributed by atoms with Crippen LogP contribution in [0.1, 0.15) is 19.4 Å². The van der Waals surface area contributed by atoms with Crippen LogP contribution in [-0.2, 0) is 9.59 Å². The van der Waals surface area contributed by atoms with Gasteiger partial charge in [0.05, 0.1) is 22.2 Å². The Balaban J connectivity index is 2.30. The zero-order valence-electron chi connectivity index (χ0n) is 12.8. The topological polar surface area (TPSA) is 77.0 Å². The fraction of sp³-hybridized carbons (Fsp3) is 0.267. The Kier molecular flexibility index (Phi) is 6.05. The number of benzene rings is 1. The van der Waals surface area contributed by atoms with Gasteiger partial charge in [-0.2, -0.15) is 4.99 Å². The van der Waals surface area contributed by atoms with E-state index in [1.165, 1.54) is 6.92 Å². The summed E-state index contributed by atoms with van der Waals surface area (Å²) in [5.74, 6) is 0.646. The molecule has 1 N–H and O–H groups in total. The summed E-state index contributed by atoms with van der Waals surface area (Å²) in [6.45, 7) is 3.77. The van der Waals surface area contributed by atoms with E-state index in [0.29, 0.717) is 28.2 Å². The van der Waals surface area contributed by atoms with Gasteiger partial charge in [-0.1, -0.05) is 0 Å². The molecule has 0 unspecified atom stereocenters. The summed E-state index contributed by atoms with van der Waals surface area (Å²) < 4.78 is 11.8. The third kappa shape index (κ3) is 4.47. The molecule has 0 bridgehead atoms. The van der Waals surface area contributed by atoms with Crippen molar-refractivity contribution >= 4 is 57.4 Å². The first-order chi connectivity index (χ1) is 10.9. The van der Waals surface area contributed by atoms with Gasteiger partial charge in [0.1, 0.15) is 0 Å². The minimum atomic E-state index is -0.373. The van der Waals surface area contributed by atoms with Gasteiger partial charge in [-0.3, -0.25) is 9.59 Å². The molecule has 1 aliphatic heterocycles. The molecule has 1 aromatic carbocycles. The van der Waals surface area contributed by atoms with Gasteiger partial charge in [-0.05, 0) is 65.0 Å². The van der Waals surface area contributed by atoms with Gasteiger partial charge in [-0.25, -0.2) is 0 Å². The van der Waals surface area contributed by atoms with Crippen LogP contribution in [0.5, 0.6) is 11.5 Å². The number of halogens is 1. The summed E-state index contributed by atoms with van der Waals surface area (Å²) in [6.07, 6.45) is 1.72. The number of rotatable bonds is 4. The lowest BCUT2D eigenvalue weighted by atomic mass is 10.2. The van der Waals surface area contributed by atoms with Gasteiger partial charge in [0.15, 0.2) is 16.7 Å². The van der Waals surface area contributed by atoms with Crippen LogP contribution in [0.4, 0.5) is 0 Å². The minimum Gasteiger partial charge on any atom is -0.492 e. The highest BCUT2D eigenvalue weighted by atomic mass is 127. The molecule has 2 rings (SSSR count). The molecule has 0 aromatic heterocycles. The molecule has 1 heterocycles. The molecule has 0 fully saturated rings. The first-order valence-electron chi connectivity index (χ1n) is 6.75. The minimum absolute atomic E-state index is 0.261. The maximum Gasteiger partial charge on any atom is 0.286 e. The van der Waals surface area contributed by atoms with Crippen LogP contribution < -0.4 is 14.8 Å². The van der Waals surface area contributed by atoms with E-state index in [9.17, 15) is 9.59 Å². The number of hydrogen-bond donors (Lipinski definition) is 1. The van der Waals surface area contributed by atoms with Crippen molar-refractivity contribution in [3.8, 4) is 11.5 Å². The van der Waals surface area contributed by atoms with Crippen molar-refractivity contribution in [2.75, 3.05) is 13.7 Å². The fourth-order valence-electron chi connectivity index (χ4n) is 1.90. The van der Waals surface area contributed by atoms with Crippen molar-refractivity contribution in [3.05, 3.63) is 26.2 Å². The van der Waals surface area contributed by atoms with Crippen LogP contribution in [0, 0.1) is 3.57 Å². The number of carbonyl (C=O) groups excluding carboxylic acids is 2. The van der Waals surface area contributed by atoms with Crippen molar-refractivity contribution in [3.63, 3.8) is 0 Å². The van der Waals surface area contributed by atoms with Crippen LogP contribution in [0.2, 0.25) is 0 Å². The Morgan fingerprint density at radius 1 is 1.48 bits per heavy atom. The molecular weight excluding hydrogens is 431 g/mol. The van der Waals surface area contributed by atoms with Crippen LogP contribution in [0.25, 0.3) is 6.08 Å². The Morgan fingerprint density at radius 2 is 2.22 bits per heavy atom. The van der Waals surface area contributed by atoms with Crippen molar-refractivity contribution in [1.82, 2.24) is 5.32 Å². The molecular formula is C15H15IN2O4S. The second-order valence-electron chi connectivity index (χ2n) is 4.48. The number of methoxy groups -OCH3 is 1. The molecule has 0 atom stereocenters. The standard InChI is InChI=1S/C15H15IN2O4S/c1-4-22-11-6-9(5-10(16)13(11)21-3)7-12-14(20)18-15(23-12)17-8(2)19/h5-7H,4H2,1-3H3,(H,17,18,19,20)/b12-7-. The highest BCUT2D eigenvalue weighted by Gasteiger charge is 2.23. The highest BCUT2D eigenvalue weighted by Crippen LogP contribution is 2.36. The van der Waals surface area contributed by atoms with Crippen molar-refractivity contribution in [2.24, 2.45) is 4.99 Å². The number of hydrogen-bond acceptors (Lipinski definition) is 5. The molecule has 0 saturated heterocycles. The molecule has 0 saturated carbocycles. The second kappa shape index (κ2) is 7.82. The summed E-state index contributed by atoms with van der Waals surface area (Å²) >= 11 is 3.28. The number of carbonyl (C=O) groups is 2. The first-order valence-corrected chi connectivity index (χ1v) is 8.64. The van der Waals surface area contributed by atoms with E-state index in [2.05, 4.69) is 32.9 Å². The lowest BCUT2D eigenvalue weighted by molar-refractivity contribution is -0.117. The van der Waals surface area contributed by atoms with Crippen LogP contribution in [0.15, 0.2) is 22.0 Å². The van der Waals surface area contributed by atoms with Crippen molar-refractivity contribution < 1.29 is 19.1 Å². The fourth-order valence-corrected chi connectivity index (χ4v) is 3.60. The first kappa shape index (κ1) is 17.8. The predicted octanol–water partition coefficient (Wildman–Crippen LogP) is 2.80.